The largest absolute Gasteiger partial charge is 1.00 e. The van der Waals surface area contributed by atoms with Crippen molar-refractivity contribution < 1.29 is 39.5 Å². The number of benzene rings is 1. The third-order valence-corrected chi connectivity index (χ3v) is 3.19. The molecular formula is C16H23NaO2. The quantitative estimate of drug-likeness (QED) is 0.447. The maximum atomic E-state index is 10.2. The standard InChI is InChI=1S/C16H24O2.Na/c17-16(18)14-10-5-3-1-2-4-7-11-15-12-8-6-9-13-15;/h6,8-9,12-13H,1-5,7,10-11,14H2,(H,17,18);/q;+1/p-1. The van der Waals surface area contributed by atoms with E-state index in [1.165, 1.54) is 37.7 Å². The van der Waals surface area contributed by atoms with Crippen LogP contribution in [0, 0.1) is 0 Å². The first-order chi connectivity index (χ1) is 8.79. The van der Waals surface area contributed by atoms with Gasteiger partial charge in [0.1, 0.15) is 0 Å². The van der Waals surface area contributed by atoms with Crippen LogP contribution in [0.3, 0.4) is 0 Å². The predicted molar refractivity (Wildman–Crippen MR) is 72.1 cm³/mol. The van der Waals surface area contributed by atoms with Gasteiger partial charge in [-0.3, -0.25) is 0 Å². The van der Waals surface area contributed by atoms with Crippen molar-refractivity contribution in [3.63, 3.8) is 0 Å². The van der Waals surface area contributed by atoms with Crippen LogP contribution in [0.5, 0.6) is 0 Å². The smallest absolute Gasteiger partial charge is 0.550 e. The Balaban J connectivity index is 0.00000324. The summed E-state index contributed by atoms with van der Waals surface area (Å²) in [5.41, 5.74) is 1.42. The fourth-order valence-corrected chi connectivity index (χ4v) is 2.13. The van der Waals surface area contributed by atoms with Crippen LogP contribution < -0.4 is 34.7 Å². The molecule has 0 aliphatic heterocycles. The van der Waals surface area contributed by atoms with Crippen molar-refractivity contribution in [3.05, 3.63) is 35.9 Å². The summed E-state index contributed by atoms with van der Waals surface area (Å²) in [5, 5.41) is 10.2. The van der Waals surface area contributed by atoms with Crippen LogP contribution in [-0.4, -0.2) is 5.97 Å². The Kier molecular flexibility index (Phi) is 12.5. The first-order valence-electron chi connectivity index (χ1n) is 7.03. The molecule has 0 radical (unpaired) electrons. The third kappa shape index (κ3) is 11.2. The minimum Gasteiger partial charge on any atom is -0.550 e. The van der Waals surface area contributed by atoms with E-state index >= 15 is 0 Å². The van der Waals surface area contributed by atoms with Crippen LogP contribution in [0.2, 0.25) is 0 Å². The zero-order valence-electron chi connectivity index (χ0n) is 12.1. The van der Waals surface area contributed by atoms with Crippen molar-refractivity contribution in [1.29, 1.82) is 0 Å². The summed E-state index contributed by atoms with van der Waals surface area (Å²) in [6.45, 7) is 0. The summed E-state index contributed by atoms with van der Waals surface area (Å²) < 4.78 is 0. The van der Waals surface area contributed by atoms with Crippen molar-refractivity contribution in [2.24, 2.45) is 0 Å². The van der Waals surface area contributed by atoms with E-state index in [1.54, 1.807) is 0 Å². The number of hydrogen-bond acceptors (Lipinski definition) is 2. The molecule has 0 spiro atoms. The van der Waals surface area contributed by atoms with Crippen molar-refractivity contribution in [2.75, 3.05) is 0 Å². The number of carbonyl (C=O) groups excluding carboxylic acids is 1. The zero-order valence-corrected chi connectivity index (χ0v) is 14.1. The van der Waals surface area contributed by atoms with Gasteiger partial charge in [-0.1, -0.05) is 62.4 Å². The SMILES string of the molecule is O=C([O-])CCCCCCCCCc1ccccc1.[Na+]. The molecule has 0 bridgehead atoms. The molecule has 0 fully saturated rings. The Labute approximate surface area is 138 Å². The summed E-state index contributed by atoms with van der Waals surface area (Å²) in [6.07, 6.45) is 9.34. The van der Waals surface area contributed by atoms with Gasteiger partial charge in [0.05, 0.1) is 0 Å². The minimum atomic E-state index is -0.919. The van der Waals surface area contributed by atoms with Gasteiger partial charge in [0.25, 0.3) is 0 Å². The molecule has 0 N–H and O–H groups in total. The topological polar surface area (TPSA) is 40.1 Å². The first kappa shape index (κ1) is 18.7. The molecule has 0 saturated heterocycles. The molecular weight excluding hydrogens is 247 g/mol. The van der Waals surface area contributed by atoms with Crippen molar-refractivity contribution in [1.82, 2.24) is 0 Å². The number of carbonyl (C=O) groups is 1. The van der Waals surface area contributed by atoms with Crippen LogP contribution in [0.15, 0.2) is 30.3 Å². The van der Waals surface area contributed by atoms with Crippen LogP contribution in [0.25, 0.3) is 0 Å². The Morgan fingerprint density at radius 2 is 1.37 bits per heavy atom. The third-order valence-electron chi connectivity index (χ3n) is 3.19. The molecule has 3 heteroatoms. The number of carboxylic acids is 1. The van der Waals surface area contributed by atoms with E-state index in [1.807, 2.05) is 0 Å². The molecule has 100 valence electrons. The number of hydrogen-bond donors (Lipinski definition) is 0. The molecule has 0 heterocycles. The summed E-state index contributed by atoms with van der Waals surface area (Å²) in [7, 11) is 0. The van der Waals surface area contributed by atoms with Gasteiger partial charge in [-0.25, -0.2) is 0 Å². The van der Waals surface area contributed by atoms with Crippen LogP contribution in [0.4, 0.5) is 0 Å². The van der Waals surface area contributed by atoms with Gasteiger partial charge in [0, 0.05) is 5.97 Å². The molecule has 1 rings (SSSR count). The second-order valence-electron chi connectivity index (χ2n) is 4.83. The molecule has 0 atom stereocenters. The fraction of sp³-hybridized carbons (Fsp3) is 0.562. The van der Waals surface area contributed by atoms with Crippen molar-refractivity contribution in [2.45, 2.75) is 57.8 Å². The molecule has 0 aliphatic carbocycles. The summed E-state index contributed by atoms with van der Waals surface area (Å²) in [6, 6.07) is 10.6. The van der Waals surface area contributed by atoms with Gasteiger partial charge in [-0.15, -0.1) is 0 Å². The summed E-state index contributed by atoms with van der Waals surface area (Å²) >= 11 is 0. The van der Waals surface area contributed by atoms with Gasteiger partial charge in [-0.05, 0) is 31.2 Å². The molecule has 0 saturated carbocycles. The average Bonchev–Trinajstić information content (AvgIpc) is 2.37. The Morgan fingerprint density at radius 1 is 0.842 bits per heavy atom. The van der Waals surface area contributed by atoms with Gasteiger partial charge in [0.2, 0.25) is 0 Å². The average molecular weight is 270 g/mol. The number of aliphatic carboxylic acids is 1. The van der Waals surface area contributed by atoms with E-state index in [0.717, 1.165) is 19.3 Å². The monoisotopic (exact) mass is 270 g/mol. The number of unbranched alkanes of at least 4 members (excludes halogenated alkanes) is 6. The van der Waals surface area contributed by atoms with Crippen LogP contribution >= 0.6 is 0 Å². The Hall–Kier alpha value is -0.310. The van der Waals surface area contributed by atoms with E-state index in [-0.39, 0.29) is 36.0 Å². The molecule has 0 amide bonds. The summed E-state index contributed by atoms with van der Waals surface area (Å²) in [5.74, 6) is -0.919. The predicted octanol–water partition coefficient (Wildman–Crippen LogP) is 0.104. The van der Waals surface area contributed by atoms with Crippen LogP contribution in [-0.2, 0) is 11.2 Å². The van der Waals surface area contributed by atoms with E-state index in [0.29, 0.717) is 0 Å². The first-order valence-corrected chi connectivity index (χ1v) is 7.03. The van der Waals surface area contributed by atoms with Gasteiger partial charge in [0.15, 0.2) is 0 Å². The van der Waals surface area contributed by atoms with Crippen molar-refractivity contribution in [3.8, 4) is 0 Å². The minimum absolute atomic E-state index is 0. The number of aryl methyl sites for hydroxylation is 1. The number of carboxylic acid groups (broad SMARTS) is 1. The van der Waals surface area contributed by atoms with Crippen molar-refractivity contribution >= 4 is 5.97 Å². The molecule has 1 aromatic carbocycles. The van der Waals surface area contributed by atoms with E-state index in [4.69, 9.17) is 0 Å². The summed E-state index contributed by atoms with van der Waals surface area (Å²) in [4.78, 5) is 10.2. The molecule has 1 aromatic rings. The molecule has 0 unspecified atom stereocenters. The molecule has 19 heavy (non-hydrogen) atoms. The maximum Gasteiger partial charge on any atom is 1.00 e. The Morgan fingerprint density at radius 3 is 1.95 bits per heavy atom. The second kappa shape index (κ2) is 12.7. The van der Waals surface area contributed by atoms with E-state index in [2.05, 4.69) is 30.3 Å². The molecule has 0 aliphatic rings. The Bertz CT molecular complexity index is 325. The molecule has 0 aromatic heterocycles. The van der Waals surface area contributed by atoms with Crippen LogP contribution in [0.1, 0.15) is 56.9 Å². The second-order valence-corrected chi connectivity index (χ2v) is 4.83. The van der Waals surface area contributed by atoms with Gasteiger partial charge < -0.3 is 9.90 Å². The van der Waals surface area contributed by atoms with Gasteiger partial charge in [-0.2, -0.15) is 0 Å². The maximum absolute atomic E-state index is 10.2. The van der Waals surface area contributed by atoms with E-state index < -0.39 is 5.97 Å². The van der Waals surface area contributed by atoms with Gasteiger partial charge >= 0.3 is 29.6 Å². The fourth-order valence-electron chi connectivity index (χ4n) is 2.13. The number of rotatable bonds is 10. The zero-order chi connectivity index (χ0) is 13.1. The molecule has 2 nitrogen and oxygen atoms in total. The normalized spacial score (nSPS) is 9.89. The van der Waals surface area contributed by atoms with E-state index in [9.17, 15) is 9.90 Å².